The van der Waals surface area contributed by atoms with Gasteiger partial charge in [-0.15, -0.1) is 0 Å². The van der Waals surface area contributed by atoms with Crippen molar-refractivity contribution in [3.63, 3.8) is 0 Å². The highest BCUT2D eigenvalue weighted by atomic mass is 16.5. The number of ketones is 1. The molecule has 0 saturated heterocycles. The quantitative estimate of drug-likeness (QED) is 0.740. The molecule has 1 aromatic carbocycles. The fourth-order valence-corrected chi connectivity index (χ4v) is 1.27. The summed E-state index contributed by atoms with van der Waals surface area (Å²) in [6, 6.07) is 7.57. The van der Waals surface area contributed by atoms with Gasteiger partial charge in [-0.05, 0) is 31.5 Å². The highest BCUT2D eigenvalue weighted by Crippen LogP contribution is 2.13. The van der Waals surface area contributed by atoms with E-state index in [1.165, 1.54) is 0 Å². The van der Waals surface area contributed by atoms with Crippen molar-refractivity contribution in [1.82, 2.24) is 0 Å². The van der Waals surface area contributed by atoms with E-state index in [0.29, 0.717) is 13.0 Å². The van der Waals surface area contributed by atoms with Crippen LogP contribution >= 0.6 is 0 Å². The van der Waals surface area contributed by atoms with Gasteiger partial charge in [0.25, 0.3) is 0 Å². The van der Waals surface area contributed by atoms with E-state index in [0.717, 1.165) is 11.3 Å². The van der Waals surface area contributed by atoms with E-state index in [1.807, 2.05) is 31.2 Å². The Bertz CT molecular complexity index is 330. The third-order valence-corrected chi connectivity index (χ3v) is 2.26. The van der Waals surface area contributed by atoms with Crippen molar-refractivity contribution in [3.8, 4) is 5.75 Å². The topological polar surface area (TPSA) is 35.5 Å². The Kier molecular flexibility index (Phi) is 4.99. The van der Waals surface area contributed by atoms with Gasteiger partial charge in [0.2, 0.25) is 0 Å². The maximum Gasteiger partial charge on any atom is 0.134 e. The van der Waals surface area contributed by atoms with Crippen LogP contribution in [0.15, 0.2) is 24.3 Å². The van der Waals surface area contributed by atoms with Gasteiger partial charge >= 0.3 is 0 Å². The van der Waals surface area contributed by atoms with Crippen LogP contribution in [0, 0.1) is 0 Å². The predicted octanol–water partition coefficient (Wildman–Crippen LogP) is 2.23. The number of rotatable bonds is 6. The van der Waals surface area contributed by atoms with E-state index in [1.54, 1.807) is 14.0 Å². The first-order valence-corrected chi connectivity index (χ1v) is 5.35. The lowest BCUT2D eigenvalue weighted by molar-refractivity contribution is -0.116. The van der Waals surface area contributed by atoms with Crippen molar-refractivity contribution in [3.05, 3.63) is 29.8 Å². The molecule has 0 aromatic heterocycles. The van der Waals surface area contributed by atoms with Crippen LogP contribution in [-0.4, -0.2) is 25.6 Å². The van der Waals surface area contributed by atoms with Crippen molar-refractivity contribution in [1.29, 1.82) is 0 Å². The summed E-state index contributed by atoms with van der Waals surface area (Å²) < 4.78 is 10.6. The monoisotopic (exact) mass is 222 g/mol. The molecule has 0 aliphatic carbocycles. The lowest BCUT2D eigenvalue weighted by atomic mass is 10.1. The Morgan fingerprint density at radius 2 is 1.94 bits per heavy atom. The number of carbonyl (C=O) groups excluding carboxylic acids is 1. The first-order valence-electron chi connectivity index (χ1n) is 5.35. The minimum absolute atomic E-state index is 0.0805. The van der Waals surface area contributed by atoms with Crippen molar-refractivity contribution in [2.24, 2.45) is 0 Å². The zero-order valence-corrected chi connectivity index (χ0v) is 10.0. The maximum absolute atomic E-state index is 10.9. The first kappa shape index (κ1) is 12.7. The molecule has 1 atom stereocenters. The minimum atomic E-state index is 0.0805. The summed E-state index contributed by atoms with van der Waals surface area (Å²) in [4.78, 5) is 10.9. The van der Waals surface area contributed by atoms with Gasteiger partial charge < -0.3 is 9.47 Å². The van der Waals surface area contributed by atoms with E-state index in [4.69, 9.17) is 9.47 Å². The highest BCUT2D eigenvalue weighted by molar-refractivity contribution is 5.78. The summed E-state index contributed by atoms with van der Waals surface area (Å²) in [6.45, 7) is 4.07. The standard InChI is InChI=1S/C13H18O3/c1-10(14)8-12-4-6-13(7-5-12)16-9-11(2)15-3/h4-7,11H,8-9H2,1-3H3. The van der Waals surface area contributed by atoms with Crippen molar-refractivity contribution >= 4 is 5.78 Å². The van der Waals surface area contributed by atoms with Gasteiger partial charge in [-0.3, -0.25) is 4.79 Å². The molecule has 1 unspecified atom stereocenters. The number of ether oxygens (including phenoxy) is 2. The van der Waals surface area contributed by atoms with E-state index in [2.05, 4.69) is 0 Å². The average Bonchev–Trinajstić information content (AvgIpc) is 2.27. The summed E-state index contributed by atoms with van der Waals surface area (Å²) in [6.07, 6.45) is 0.561. The number of carbonyl (C=O) groups is 1. The second-order valence-corrected chi connectivity index (χ2v) is 3.88. The van der Waals surface area contributed by atoms with Crippen molar-refractivity contribution < 1.29 is 14.3 Å². The highest BCUT2D eigenvalue weighted by Gasteiger charge is 2.01. The second-order valence-electron chi connectivity index (χ2n) is 3.88. The Morgan fingerprint density at radius 1 is 1.31 bits per heavy atom. The molecule has 0 fully saturated rings. The molecule has 1 aromatic rings. The molecular weight excluding hydrogens is 204 g/mol. The lowest BCUT2D eigenvalue weighted by Crippen LogP contribution is -2.15. The van der Waals surface area contributed by atoms with Crippen LogP contribution in [0.1, 0.15) is 19.4 Å². The summed E-state index contributed by atoms with van der Waals surface area (Å²) in [5.41, 5.74) is 1.01. The molecule has 0 aliphatic rings. The zero-order valence-electron chi connectivity index (χ0n) is 10.0. The van der Waals surface area contributed by atoms with Crippen LogP contribution in [0.5, 0.6) is 5.75 Å². The molecule has 3 nitrogen and oxygen atoms in total. The van der Waals surface area contributed by atoms with Crippen LogP contribution in [0.25, 0.3) is 0 Å². The lowest BCUT2D eigenvalue weighted by Gasteiger charge is -2.11. The van der Waals surface area contributed by atoms with E-state index < -0.39 is 0 Å². The van der Waals surface area contributed by atoms with Crippen LogP contribution in [-0.2, 0) is 16.0 Å². The molecule has 0 aliphatic heterocycles. The number of hydrogen-bond donors (Lipinski definition) is 0. The predicted molar refractivity (Wildman–Crippen MR) is 62.8 cm³/mol. The molecule has 3 heteroatoms. The molecular formula is C13H18O3. The van der Waals surface area contributed by atoms with E-state index in [9.17, 15) is 4.79 Å². The summed E-state index contributed by atoms with van der Waals surface area (Å²) in [5, 5.41) is 0. The van der Waals surface area contributed by atoms with E-state index in [-0.39, 0.29) is 11.9 Å². The van der Waals surface area contributed by atoms with Gasteiger partial charge in [0, 0.05) is 13.5 Å². The summed E-state index contributed by atoms with van der Waals surface area (Å²) in [7, 11) is 1.66. The van der Waals surface area contributed by atoms with E-state index >= 15 is 0 Å². The molecule has 16 heavy (non-hydrogen) atoms. The molecule has 0 spiro atoms. The molecule has 0 amide bonds. The number of methoxy groups -OCH3 is 1. The van der Waals surface area contributed by atoms with Crippen LogP contribution in [0.3, 0.4) is 0 Å². The summed E-state index contributed by atoms with van der Waals surface area (Å²) in [5.74, 6) is 0.970. The van der Waals surface area contributed by atoms with Gasteiger partial charge in [-0.25, -0.2) is 0 Å². The molecule has 0 radical (unpaired) electrons. The number of hydrogen-bond acceptors (Lipinski definition) is 3. The average molecular weight is 222 g/mol. The Balaban J connectivity index is 2.48. The van der Waals surface area contributed by atoms with Crippen LogP contribution in [0.4, 0.5) is 0 Å². The van der Waals surface area contributed by atoms with Gasteiger partial charge in [0.15, 0.2) is 0 Å². The molecule has 0 N–H and O–H groups in total. The van der Waals surface area contributed by atoms with Crippen molar-refractivity contribution in [2.45, 2.75) is 26.4 Å². The van der Waals surface area contributed by atoms with Gasteiger partial charge in [-0.1, -0.05) is 12.1 Å². The molecule has 0 heterocycles. The fourth-order valence-electron chi connectivity index (χ4n) is 1.27. The molecule has 0 bridgehead atoms. The van der Waals surface area contributed by atoms with Crippen LogP contribution < -0.4 is 4.74 Å². The molecule has 0 saturated carbocycles. The first-order chi connectivity index (χ1) is 7.61. The van der Waals surface area contributed by atoms with Crippen LogP contribution in [0.2, 0.25) is 0 Å². The third-order valence-electron chi connectivity index (χ3n) is 2.26. The largest absolute Gasteiger partial charge is 0.491 e. The number of benzene rings is 1. The Hall–Kier alpha value is -1.35. The number of Topliss-reactive ketones (excluding diaryl/α,β-unsaturated/α-hetero) is 1. The van der Waals surface area contributed by atoms with Gasteiger partial charge in [0.1, 0.15) is 18.1 Å². The SMILES string of the molecule is COC(C)COc1ccc(CC(C)=O)cc1. The zero-order chi connectivity index (χ0) is 12.0. The smallest absolute Gasteiger partial charge is 0.134 e. The Morgan fingerprint density at radius 3 is 2.44 bits per heavy atom. The second kappa shape index (κ2) is 6.28. The fraction of sp³-hybridized carbons (Fsp3) is 0.462. The maximum atomic E-state index is 10.9. The Labute approximate surface area is 96.4 Å². The molecule has 88 valence electrons. The normalized spacial score (nSPS) is 12.2. The minimum Gasteiger partial charge on any atom is -0.491 e. The van der Waals surface area contributed by atoms with Gasteiger partial charge in [-0.2, -0.15) is 0 Å². The third kappa shape index (κ3) is 4.45. The summed E-state index contributed by atoms with van der Waals surface area (Å²) >= 11 is 0. The molecule has 1 rings (SSSR count). The van der Waals surface area contributed by atoms with Gasteiger partial charge in [0.05, 0.1) is 6.10 Å². The van der Waals surface area contributed by atoms with Crippen molar-refractivity contribution in [2.75, 3.05) is 13.7 Å².